The molecule has 24 heavy (non-hydrogen) atoms. The summed E-state index contributed by atoms with van der Waals surface area (Å²) in [6, 6.07) is 9.12. The van der Waals surface area contributed by atoms with Gasteiger partial charge in [0.25, 0.3) is 0 Å². The maximum atomic E-state index is 12.1. The van der Waals surface area contributed by atoms with Gasteiger partial charge in [-0.15, -0.1) is 0 Å². The molecule has 0 atom stereocenters. The van der Waals surface area contributed by atoms with Crippen LogP contribution in [0.1, 0.15) is 11.1 Å². The Morgan fingerprint density at radius 3 is 2.46 bits per heavy atom. The van der Waals surface area contributed by atoms with Gasteiger partial charge in [-0.05, 0) is 30.2 Å². The molecule has 2 rings (SSSR count). The van der Waals surface area contributed by atoms with Crippen LogP contribution in [0.4, 0.5) is 5.69 Å². The van der Waals surface area contributed by atoms with Gasteiger partial charge < -0.3 is 14.8 Å². The summed E-state index contributed by atoms with van der Waals surface area (Å²) >= 11 is 9.64. The van der Waals surface area contributed by atoms with Gasteiger partial charge in [0.2, 0.25) is 5.91 Å². The first-order chi connectivity index (χ1) is 11.4. The Kier molecular flexibility index (Phi) is 6.29. The zero-order valence-electron chi connectivity index (χ0n) is 13.5. The summed E-state index contributed by atoms with van der Waals surface area (Å²) in [5.74, 6) is 0.693. The number of carbonyl (C=O) groups excluding carboxylic acids is 1. The molecule has 0 spiro atoms. The third kappa shape index (κ3) is 4.52. The van der Waals surface area contributed by atoms with Gasteiger partial charge in [-0.3, -0.25) is 4.79 Å². The average molecular weight is 411 g/mol. The van der Waals surface area contributed by atoms with Crippen LogP contribution in [-0.2, 0) is 4.79 Å². The predicted octanol–water partition coefficient (Wildman–Crippen LogP) is 5.08. The largest absolute Gasteiger partial charge is 0.493 e. The van der Waals surface area contributed by atoms with Crippen molar-refractivity contribution in [1.29, 1.82) is 0 Å². The van der Waals surface area contributed by atoms with Crippen LogP contribution in [0.3, 0.4) is 0 Å². The van der Waals surface area contributed by atoms with Gasteiger partial charge in [0.1, 0.15) is 0 Å². The lowest BCUT2D eigenvalue weighted by molar-refractivity contribution is -0.111. The topological polar surface area (TPSA) is 47.6 Å². The lowest BCUT2D eigenvalue weighted by atomic mass is 10.1. The predicted molar refractivity (Wildman–Crippen MR) is 101 cm³/mol. The van der Waals surface area contributed by atoms with Crippen molar-refractivity contribution in [3.05, 3.63) is 57.0 Å². The Morgan fingerprint density at radius 2 is 1.83 bits per heavy atom. The molecule has 0 bridgehead atoms. The maximum Gasteiger partial charge on any atom is 0.248 e. The van der Waals surface area contributed by atoms with E-state index in [2.05, 4.69) is 21.2 Å². The summed E-state index contributed by atoms with van der Waals surface area (Å²) in [7, 11) is 3.04. The van der Waals surface area contributed by atoms with Crippen molar-refractivity contribution in [3.8, 4) is 11.5 Å². The van der Waals surface area contributed by atoms with Gasteiger partial charge in [0.05, 0.1) is 24.9 Å². The van der Waals surface area contributed by atoms with E-state index in [1.807, 2.05) is 25.1 Å². The third-order valence-corrected chi connectivity index (χ3v) is 4.30. The fraction of sp³-hybridized carbons (Fsp3) is 0.167. The van der Waals surface area contributed by atoms with E-state index in [0.29, 0.717) is 22.2 Å². The minimum Gasteiger partial charge on any atom is -0.493 e. The normalized spacial score (nSPS) is 10.7. The molecular weight excluding hydrogens is 394 g/mol. The molecule has 0 heterocycles. The molecule has 0 aliphatic rings. The zero-order chi connectivity index (χ0) is 17.7. The number of hydrogen-bond donors (Lipinski definition) is 1. The summed E-state index contributed by atoms with van der Waals surface area (Å²) in [6.45, 7) is 2.00. The smallest absolute Gasteiger partial charge is 0.248 e. The quantitative estimate of drug-likeness (QED) is 0.699. The highest BCUT2D eigenvalue weighted by molar-refractivity contribution is 9.10. The highest BCUT2D eigenvalue weighted by atomic mass is 79.9. The number of carbonyl (C=O) groups is 1. The summed E-state index contributed by atoms with van der Waals surface area (Å²) in [5, 5.41) is 3.10. The standard InChI is InChI=1S/C18H17BrClNO3/c1-11-4-5-12(13(19)8-11)6-7-18(22)21-15-10-17(24-3)16(23-2)9-14(15)20/h4-10H,1-3H3,(H,21,22)/b7-6+. The molecule has 0 aromatic heterocycles. The summed E-state index contributed by atoms with van der Waals surface area (Å²) in [5.41, 5.74) is 2.50. The molecule has 0 fully saturated rings. The molecule has 1 amide bonds. The van der Waals surface area contributed by atoms with E-state index in [9.17, 15) is 4.79 Å². The van der Waals surface area contributed by atoms with Gasteiger partial charge in [0.15, 0.2) is 11.5 Å². The van der Waals surface area contributed by atoms with Gasteiger partial charge in [0, 0.05) is 22.7 Å². The Hall–Kier alpha value is -1.98. The second-order valence-electron chi connectivity index (χ2n) is 5.03. The fourth-order valence-electron chi connectivity index (χ4n) is 2.06. The van der Waals surface area contributed by atoms with E-state index < -0.39 is 0 Å². The number of anilines is 1. The number of nitrogens with one attached hydrogen (secondary N) is 1. The van der Waals surface area contributed by atoms with Crippen molar-refractivity contribution in [2.75, 3.05) is 19.5 Å². The number of hydrogen-bond acceptors (Lipinski definition) is 3. The first-order valence-electron chi connectivity index (χ1n) is 7.11. The van der Waals surface area contributed by atoms with Crippen LogP contribution in [0.15, 0.2) is 40.9 Å². The Labute approximate surface area is 154 Å². The maximum absolute atomic E-state index is 12.1. The SMILES string of the molecule is COc1cc(Cl)c(NC(=O)/C=C/c2ccc(C)cc2Br)cc1OC. The second kappa shape index (κ2) is 8.22. The summed E-state index contributed by atoms with van der Waals surface area (Å²) in [6.07, 6.45) is 3.18. The van der Waals surface area contributed by atoms with Crippen LogP contribution in [0.25, 0.3) is 6.08 Å². The molecule has 2 aromatic rings. The van der Waals surface area contributed by atoms with Crippen LogP contribution in [0.2, 0.25) is 5.02 Å². The van der Waals surface area contributed by atoms with Crippen molar-refractivity contribution in [1.82, 2.24) is 0 Å². The molecule has 0 aliphatic heterocycles. The number of amides is 1. The van der Waals surface area contributed by atoms with Crippen LogP contribution in [0.5, 0.6) is 11.5 Å². The number of halogens is 2. The molecule has 0 aliphatic carbocycles. The lowest BCUT2D eigenvalue weighted by Crippen LogP contribution is -2.08. The molecule has 0 unspecified atom stereocenters. The van der Waals surface area contributed by atoms with Crippen LogP contribution >= 0.6 is 27.5 Å². The van der Waals surface area contributed by atoms with Gasteiger partial charge >= 0.3 is 0 Å². The highest BCUT2D eigenvalue weighted by Gasteiger charge is 2.11. The number of aryl methyl sites for hydroxylation is 1. The molecule has 1 N–H and O–H groups in total. The van der Waals surface area contributed by atoms with Gasteiger partial charge in [-0.1, -0.05) is 39.7 Å². The van der Waals surface area contributed by atoms with Gasteiger partial charge in [-0.2, -0.15) is 0 Å². The Bertz CT molecular complexity index is 790. The lowest BCUT2D eigenvalue weighted by Gasteiger charge is -2.11. The van der Waals surface area contributed by atoms with Crippen molar-refractivity contribution >= 4 is 45.2 Å². The average Bonchev–Trinajstić information content (AvgIpc) is 2.55. The molecule has 0 saturated carbocycles. The van der Waals surface area contributed by atoms with E-state index in [0.717, 1.165) is 15.6 Å². The second-order valence-corrected chi connectivity index (χ2v) is 6.30. The number of ether oxygens (including phenoxy) is 2. The molecule has 126 valence electrons. The molecule has 2 aromatic carbocycles. The third-order valence-electron chi connectivity index (χ3n) is 3.30. The monoisotopic (exact) mass is 409 g/mol. The van der Waals surface area contributed by atoms with Crippen LogP contribution in [-0.4, -0.2) is 20.1 Å². The first-order valence-corrected chi connectivity index (χ1v) is 8.28. The van der Waals surface area contributed by atoms with E-state index >= 15 is 0 Å². The van der Waals surface area contributed by atoms with Crippen molar-refractivity contribution in [2.24, 2.45) is 0 Å². The highest BCUT2D eigenvalue weighted by Crippen LogP contribution is 2.36. The van der Waals surface area contributed by atoms with E-state index in [1.54, 1.807) is 18.2 Å². The molecule has 0 radical (unpaired) electrons. The van der Waals surface area contributed by atoms with Crippen LogP contribution < -0.4 is 14.8 Å². The van der Waals surface area contributed by atoms with Crippen molar-refractivity contribution in [3.63, 3.8) is 0 Å². The van der Waals surface area contributed by atoms with E-state index in [1.165, 1.54) is 20.3 Å². The van der Waals surface area contributed by atoms with Gasteiger partial charge in [-0.25, -0.2) is 0 Å². The van der Waals surface area contributed by atoms with Crippen molar-refractivity contribution in [2.45, 2.75) is 6.92 Å². The molecule has 0 saturated heterocycles. The van der Waals surface area contributed by atoms with E-state index in [-0.39, 0.29) is 5.91 Å². The molecular formula is C18H17BrClNO3. The van der Waals surface area contributed by atoms with E-state index in [4.69, 9.17) is 21.1 Å². The Balaban J connectivity index is 2.16. The van der Waals surface area contributed by atoms with Crippen LogP contribution in [0, 0.1) is 6.92 Å². The first kappa shape index (κ1) is 18.4. The fourth-order valence-corrected chi connectivity index (χ4v) is 2.88. The Morgan fingerprint density at radius 1 is 1.17 bits per heavy atom. The number of methoxy groups -OCH3 is 2. The van der Waals surface area contributed by atoms with Crippen molar-refractivity contribution < 1.29 is 14.3 Å². The molecule has 6 heteroatoms. The number of rotatable bonds is 5. The zero-order valence-corrected chi connectivity index (χ0v) is 15.9. The minimum atomic E-state index is -0.295. The summed E-state index contributed by atoms with van der Waals surface area (Å²) in [4.78, 5) is 12.1. The number of benzene rings is 2. The summed E-state index contributed by atoms with van der Waals surface area (Å²) < 4.78 is 11.3. The minimum absolute atomic E-state index is 0.295. The molecule has 4 nitrogen and oxygen atoms in total.